The fraction of sp³-hybridized carbons (Fsp3) is 0.500. The molecule has 22 heavy (non-hydrogen) atoms. The second-order valence-corrected chi connectivity index (χ2v) is 5.69. The van der Waals surface area contributed by atoms with Gasteiger partial charge in [-0.2, -0.15) is 0 Å². The van der Waals surface area contributed by atoms with Gasteiger partial charge in [-0.15, -0.1) is 0 Å². The van der Waals surface area contributed by atoms with Gasteiger partial charge in [-0.1, -0.05) is 0 Å². The largest absolute Gasteiger partial charge is 0.508 e. The molecule has 1 aliphatic heterocycles. The molecule has 0 aromatic heterocycles. The smallest absolute Gasteiger partial charge is 0.310 e. The summed E-state index contributed by atoms with van der Waals surface area (Å²) in [5, 5.41) is 29.4. The lowest BCUT2D eigenvalue weighted by atomic mass is 9.94. The van der Waals surface area contributed by atoms with E-state index >= 15 is 0 Å². The summed E-state index contributed by atoms with van der Waals surface area (Å²) in [5.41, 5.74) is 0.162. The van der Waals surface area contributed by atoms with E-state index in [1.165, 1.54) is 6.07 Å². The van der Waals surface area contributed by atoms with Crippen LogP contribution in [0.25, 0.3) is 0 Å². The second kappa shape index (κ2) is 6.79. The number of ketones is 1. The predicted molar refractivity (Wildman–Crippen MR) is 77.8 cm³/mol. The molecule has 6 nitrogen and oxygen atoms in total. The highest BCUT2D eigenvalue weighted by atomic mass is 16.5. The molecular formula is C16H20O6. The summed E-state index contributed by atoms with van der Waals surface area (Å²) in [6.45, 7) is 1.77. The molecule has 0 fully saturated rings. The van der Waals surface area contributed by atoms with Crippen molar-refractivity contribution in [1.82, 2.24) is 0 Å². The fourth-order valence-electron chi connectivity index (χ4n) is 2.67. The van der Waals surface area contributed by atoms with Crippen molar-refractivity contribution < 1.29 is 29.6 Å². The summed E-state index contributed by atoms with van der Waals surface area (Å²) < 4.78 is 5.24. The SMILES string of the molecule is C[C@@H]1CCC[C@H](O)CC(=O)c2c(O)cc(O)cc2CC(=O)O1. The number of carbonyl (C=O) groups excluding carboxylic acids is 2. The summed E-state index contributed by atoms with van der Waals surface area (Å²) in [6.07, 6.45) is 0.215. The molecule has 0 unspecified atom stereocenters. The van der Waals surface area contributed by atoms with Gasteiger partial charge >= 0.3 is 5.97 Å². The predicted octanol–water partition coefficient (Wildman–Crippen LogP) is 1.69. The van der Waals surface area contributed by atoms with E-state index in [4.69, 9.17) is 4.74 Å². The van der Waals surface area contributed by atoms with E-state index in [0.29, 0.717) is 19.3 Å². The maximum absolute atomic E-state index is 12.3. The minimum Gasteiger partial charge on any atom is -0.508 e. The summed E-state index contributed by atoms with van der Waals surface area (Å²) in [6, 6.07) is 2.31. The number of aliphatic hydroxyl groups is 1. The van der Waals surface area contributed by atoms with Crippen LogP contribution in [0, 0.1) is 0 Å². The van der Waals surface area contributed by atoms with Gasteiger partial charge < -0.3 is 20.1 Å². The molecule has 1 aromatic rings. The Bertz CT molecular complexity index is 580. The van der Waals surface area contributed by atoms with Gasteiger partial charge in [0.15, 0.2) is 5.78 Å². The third kappa shape index (κ3) is 3.98. The number of phenols is 2. The average Bonchev–Trinajstić information content (AvgIpc) is 2.35. The van der Waals surface area contributed by atoms with E-state index in [1.54, 1.807) is 6.92 Å². The van der Waals surface area contributed by atoms with Gasteiger partial charge in [0.05, 0.1) is 24.2 Å². The molecule has 1 aliphatic rings. The van der Waals surface area contributed by atoms with Crippen molar-refractivity contribution >= 4 is 11.8 Å². The van der Waals surface area contributed by atoms with Crippen molar-refractivity contribution in [1.29, 1.82) is 0 Å². The molecule has 0 spiro atoms. The number of ether oxygens (including phenoxy) is 1. The second-order valence-electron chi connectivity index (χ2n) is 5.69. The van der Waals surface area contributed by atoms with E-state index in [1.807, 2.05) is 0 Å². The molecule has 6 heteroatoms. The van der Waals surface area contributed by atoms with E-state index in [2.05, 4.69) is 0 Å². The maximum Gasteiger partial charge on any atom is 0.310 e. The number of aliphatic hydroxyl groups excluding tert-OH is 1. The van der Waals surface area contributed by atoms with E-state index in [9.17, 15) is 24.9 Å². The number of fused-ring (bicyclic) bond motifs is 1. The van der Waals surface area contributed by atoms with E-state index < -0.39 is 23.6 Å². The number of aromatic hydroxyl groups is 2. The third-order valence-corrected chi connectivity index (χ3v) is 3.70. The van der Waals surface area contributed by atoms with Crippen LogP contribution in [0.3, 0.4) is 0 Å². The summed E-state index contributed by atoms with van der Waals surface area (Å²) >= 11 is 0. The standard InChI is InChI=1S/C16H20O6/c1-9-3-2-4-11(17)7-13(19)16-10(6-15(21)22-9)5-12(18)8-14(16)20/h5,8-9,11,17-18,20H,2-4,6-7H2,1H3/t9-,11+/m1/s1. The lowest BCUT2D eigenvalue weighted by Gasteiger charge is -2.18. The lowest BCUT2D eigenvalue weighted by molar-refractivity contribution is -0.147. The Morgan fingerprint density at radius 1 is 1.18 bits per heavy atom. The molecule has 120 valence electrons. The highest BCUT2D eigenvalue weighted by Crippen LogP contribution is 2.30. The van der Waals surface area contributed by atoms with Crippen molar-refractivity contribution in [2.24, 2.45) is 0 Å². The number of hydrogen-bond acceptors (Lipinski definition) is 6. The highest BCUT2D eigenvalue weighted by Gasteiger charge is 2.24. The lowest BCUT2D eigenvalue weighted by Crippen LogP contribution is -2.21. The van der Waals surface area contributed by atoms with Crippen LogP contribution >= 0.6 is 0 Å². The molecule has 2 atom stereocenters. The zero-order valence-electron chi connectivity index (χ0n) is 12.4. The van der Waals surface area contributed by atoms with Crippen LogP contribution in [0.4, 0.5) is 0 Å². The van der Waals surface area contributed by atoms with Crippen LogP contribution in [0.15, 0.2) is 12.1 Å². The van der Waals surface area contributed by atoms with Gasteiger partial charge in [-0.25, -0.2) is 0 Å². The zero-order chi connectivity index (χ0) is 16.3. The molecule has 1 aromatic carbocycles. The van der Waals surface area contributed by atoms with Crippen LogP contribution in [0.1, 0.15) is 48.5 Å². The maximum atomic E-state index is 12.3. The molecule has 0 saturated heterocycles. The molecule has 0 aliphatic carbocycles. The number of hydrogen-bond donors (Lipinski definition) is 3. The van der Waals surface area contributed by atoms with Gasteiger partial charge in [-0.05, 0) is 37.8 Å². The van der Waals surface area contributed by atoms with Gasteiger partial charge in [0.25, 0.3) is 0 Å². The molecule has 3 N–H and O–H groups in total. The Morgan fingerprint density at radius 2 is 1.91 bits per heavy atom. The number of rotatable bonds is 0. The molecule has 0 amide bonds. The van der Waals surface area contributed by atoms with Crippen LogP contribution in [0.5, 0.6) is 11.5 Å². The van der Waals surface area contributed by atoms with Gasteiger partial charge in [-0.3, -0.25) is 9.59 Å². The summed E-state index contributed by atoms with van der Waals surface area (Å²) in [4.78, 5) is 24.2. The van der Waals surface area contributed by atoms with Crippen molar-refractivity contribution in [2.45, 2.75) is 51.2 Å². The first-order chi connectivity index (χ1) is 10.4. The number of Topliss-reactive ketones (excluding diaryl/α,β-unsaturated/α-hetero) is 1. The quantitative estimate of drug-likeness (QED) is 0.630. The first-order valence-corrected chi connectivity index (χ1v) is 7.32. The number of cyclic esters (lactones) is 1. The van der Waals surface area contributed by atoms with Gasteiger partial charge in [0, 0.05) is 12.5 Å². The zero-order valence-corrected chi connectivity index (χ0v) is 12.4. The van der Waals surface area contributed by atoms with Crippen LogP contribution in [-0.4, -0.2) is 39.3 Å². The number of benzene rings is 1. The molecular weight excluding hydrogens is 288 g/mol. The number of esters is 1. The third-order valence-electron chi connectivity index (χ3n) is 3.70. The van der Waals surface area contributed by atoms with E-state index in [0.717, 1.165) is 6.07 Å². The fourth-order valence-corrected chi connectivity index (χ4v) is 2.67. The Labute approximate surface area is 128 Å². The van der Waals surface area contributed by atoms with Gasteiger partial charge in [0.2, 0.25) is 0 Å². The van der Waals surface area contributed by atoms with Gasteiger partial charge in [0.1, 0.15) is 11.5 Å². The average molecular weight is 308 g/mol. The van der Waals surface area contributed by atoms with E-state index in [-0.39, 0.29) is 35.8 Å². The monoisotopic (exact) mass is 308 g/mol. The molecule has 0 radical (unpaired) electrons. The highest BCUT2D eigenvalue weighted by molar-refractivity contribution is 6.01. The minimum absolute atomic E-state index is 0.0398. The molecule has 1 heterocycles. The first kappa shape index (κ1) is 16.3. The minimum atomic E-state index is -0.809. The summed E-state index contributed by atoms with van der Waals surface area (Å²) in [5.74, 6) is -1.61. The van der Waals surface area contributed by atoms with Crippen LogP contribution in [-0.2, 0) is 16.0 Å². The van der Waals surface area contributed by atoms with Crippen molar-refractivity contribution in [3.63, 3.8) is 0 Å². The number of carbonyl (C=O) groups is 2. The topological polar surface area (TPSA) is 104 Å². The normalized spacial score (nSPS) is 23.9. The van der Waals surface area contributed by atoms with Crippen molar-refractivity contribution in [3.8, 4) is 11.5 Å². The van der Waals surface area contributed by atoms with Crippen LogP contribution in [0.2, 0.25) is 0 Å². The van der Waals surface area contributed by atoms with Crippen molar-refractivity contribution in [3.05, 3.63) is 23.3 Å². The van der Waals surface area contributed by atoms with Crippen LogP contribution < -0.4 is 0 Å². The first-order valence-electron chi connectivity index (χ1n) is 7.32. The summed E-state index contributed by atoms with van der Waals surface area (Å²) in [7, 11) is 0. The van der Waals surface area contributed by atoms with Crippen molar-refractivity contribution in [2.75, 3.05) is 0 Å². The molecule has 0 saturated carbocycles. The molecule has 0 bridgehead atoms. The Hall–Kier alpha value is -2.08. The number of phenolic OH excluding ortho intramolecular Hbond substituents is 2. The Kier molecular flexibility index (Phi) is 5.03. The molecule has 2 rings (SSSR count). The Morgan fingerprint density at radius 3 is 2.64 bits per heavy atom. The Balaban J connectivity index is 2.40.